The molecule has 0 spiro atoms. The second kappa shape index (κ2) is 7.14. The number of pyridine rings is 1. The molecule has 2 aliphatic rings. The highest BCUT2D eigenvalue weighted by Crippen LogP contribution is 2.33. The van der Waals surface area contributed by atoms with Crippen LogP contribution in [0.2, 0.25) is 0 Å². The summed E-state index contributed by atoms with van der Waals surface area (Å²) >= 11 is 0. The molecule has 0 bridgehead atoms. The van der Waals surface area contributed by atoms with E-state index in [0.717, 1.165) is 63.2 Å². The summed E-state index contributed by atoms with van der Waals surface area (Å²) in [4.78, 5) is 6.67. The maximum absolute atomic E-state index is 11.0. The molecule has 1 aromatic heterocycles. The van der Waals surface area contributed by atoms with E-state index in [4.69, 9.17) is 4.74 Å². The minimum Gasteiger partial charge on any atom is -0.493 e. The predicted octanol–water partition coefficient (Wildman–Crippen LogP) is 3.01. The van der Waals surface area contributed by atoms with Gasteiger partial charge in [0.05, 0.1) is 12.2 Å². The van der Waals surface area contributed by atoms with E-state index in [1.54, 1.807) is 12.4 Å². The topological polar surface area (TPSA) is 45.6 Å². The van der Waals surface area contributed by atoms with Crippen molar-refractivity contribution in [2.75, 3.05) is 26.2 Å². The van der Waals surface area contributed by atoms with Gasteiger partial charge in [-0.3, -0.25) is 4.98 Å². The number of para-hydroxylation sites is 1. The number of fused-ring (bicyclic) bond motifs is 1. The summed E-state index contributed by atoms with van der Waals surface area (Å²) in [7, 11) is 0. The first-order valence-electron chi connectivity index (χ1n) is 9.29. The lowest BCUT2D eigenvalue weighted by atomic mass is 9.85. The highest BCUT2D eigenvalue weighted by atomic mass is 16.5. The standard InChI is InChI=1S/C21H26N2O2/c24-21(19-5-3-10-22-15-19)8-11-23(12-9-21)16-17-7-13-25-20-6-2-1-4-18(20)14-17/h1-6,10,15,17,24H,7-9,11-14,16H2/t17-/m1/s1. The lowest BCUT2D eigenvalue weighted by Gasteiger charge is -2.39. The number of hydrogen-bond donors (Lipinski definition) is 1. The van der Waals surface area contributed by atoms with Crippen LogP contribution in [0.5, 0.6) is 5.75 Å². The van der Waals surface area contributed by atoms with Gasteiger partial charge in [-0.15, -0.1) is 0 Å². The first-order chi connectivity index (χ1) is 12.2. The molecule has 0 radical (unpaired) electrons. The van der Waals surface area contributed by atoms with Crippen LogP contribution in [-0.2, 0) is 12.0 Å². The zero-order valence-corrected chi connectivity index (χ0v) is 14.6. The fourth-order valence-electron chi connectivity index (χ4n) is 4.12. The van der Waals surface area contributed by atoms with Crippen molar-refractivity contribution in [3.8, 4) is 5.75 Å². The zero-order valence-electron chi connectivity index (χ0n) is 14.6. The molecule has 132 valence electrons. The minimum absolute atomic E-state index is 0.619. The molecule has 2 aromatic rings. The third-order valence-corrected chi connectivity index (χ3v) is 5.66. The van der Waals surface area contributed by atoms with Crippen LogP contribution < -0.4 is 4.74 Å². The van der Waals surface area contributed by atoms with Crippen LogP contribution >= 0.6 is 0 Å². The van der Waals surface area contributed by atoms with E-state index >= 15 is 0 Å². The van der Waals surface area contributed by atoms with E-state index in [9.17, 15) is 5.11 Å². The van der Waals surface area contributed by atoms with Crippen molar-refractivity contribution in [2.24, 2.45) is 5.92 Å². The maximum Gasteiger partial charge on any atom is 0.122 e. The molecule has 25 heavy (non-hydrogen) atoms. The summed E-state index contributed by atoms with van der Waals surface area (Å²) in [6.07, 6.45) is 7.29. The minimum atomic E-state index is -0.718. The van der Waals surface area contributed by atoms with Crippen LogP contribution in [-0.4, -0.2) is 41.2 Å². The molecule has 1 saturated heterocycles. The zero-order chi connectivity index (χ0) is 17.1. The summed E-state index contributed by atoms with van der Waals surface area (Å²) in [5.74, 6) is 1.67. The number of benzene rings is 1. The molecule has 1 fully saturated rings. The van der Waals surface area contributed by atoms with Crippen LogP contribution in [0.1, 0.15) is 30.4 Å². The molecule has 4 heteroatoms. The molecule has 4 nitrogen and oxygen atoms in total. The highest BCUT2D eigenvalue weighted by Gasteiger charge is 2.34. The Bertz CT molecular complexity index is 696. The molecule has 4 rings (SSSR count). The van der Waals surface area contributed by atoms with Crippen molar-refractivity contribution in [3.05, 3.63) is 59.9 Å². The van der Waals surface area contributed by atoms with Crippen LogP contribution in [0.4, 0.5) is 0 Å². The average molecular weight is 338 g/mol. The largest absolute Gasteiger partial charge is 0.493 e. The van der Waals surface area contributed by atoms with Gasteiger partial charge in [-0.05, 0) is 49.3 Å². The van der Waals surface area contributed by atoms with Crippen LogP contribution in [0.25, 0.3) is 0 Å². The van der Waals surface area contributed by atoms with E-state index in [0.29, 0.717) is 5.92 Å². The van der Waals surface area contributed by atoms with Crippen molar-refractivity contribution in [1.82, 2.24) is 9.88 Å². The van der Waals surface area contributed by atoms with Gasteiger partial charge < -0.3 is 14.7 Å². The second-order valence-electron chi connectivity index (χ2n) is 7.39. The lowest BCUT2D eigenvalue weighted by Crippen LogP contribution is -2.44. The molecule has 3 heterocycles. The Morgan fingerprint density at radius 2 is 2.00 bits per heavy atom. The number of rotatable bonds is 3. The van der Waals surface area contributed by atoms with Crippen LogP contribution in [0.3, 0.4) is 0 Å². The van der Waals surface area contributed by atoms with Gasteiger partial charge in [0, 0.05) is 37.6 Å². The van der Waals surface area contributed by atoms with E-state index < -0.39 is 5.60 Å². The molecular weight excluding hydrogens is 312 g/mol. The van der Waals surface area contributed by atoms with Crippen molar-refractivity contribution >= 4 is 0 Å². The third-order valence-electron chi connectivity index (χ3n) is 5.66. The fraction of sp³-hybridized carbons (Fsp3) is 0.476. The quantitative estimate of drug-likeness (QED) is 0.934. The fourth-order valence-corrected chi connectivity index (χ4v) is 4.12. The monoisotopic (exact) mass is 338 g/mol. The van der Waals surface area contributed by atoms with Crippen LogP contribution in [0, 0.1) is 5.92 Å². The Labute approximate surface area is 149 Å². The smallest absolute Gasteiger partial charge is 0.122 e. The molecule has 1 N–H and O–H groups in total. The third kappa shape index (κ3) is 3.70. The Hall–Kier alpha value is -1.91. The normalized spacial score (nSPS) is 23.3. The Kier molecular flexibility index (Phi) is 4.73. The SMILES string of the molecule is OC1(c2cccnc2)CCN(C[C@@H]2CCOc3ccccc3C2)CC1. The van der Waals surface area contributed by atoms with Crippen molar-refractivity contribution in [3.63, 3.8) is 0 Å². The van der Waals surface area contributed by atoms with E-state index in [1.807, 2.05) is 18.2 Å². The molecular formula is C21H26N2O2. The van der Waals surface area contributed by atoms with Gasteiger partial charge in [-0.2, -0.15) is 0 Å². The summed E-state index contributed by atoms with van der Waals surface area (Å²) in [6, 6.07) is 12.3. The first-order valence-corrected chi connectivity index (χ1v) is 9.29. The number of aliphatic hydroxyl groups is 1. The van der Waals surface area contributed by atoms with Crippen molar-refractivity contribution < 1.29 is 9.84 Å². The summed E-state index contributed by atoms with van der Waals surface area (Å²) in [5, 5.41) is 11.0. The summed E-state index contributed by atoms with van der Waals surface area (Å²) in [5.41, 5.74) is 1.56. The Morgan fingerprint density at radius 3 is 2.80 bits per heavy atom. The van der Waals surface area contributed by atoms with Gasteiger partial charge in [0.1, 0.15) is 5.75 Å². The van der Waals surface area contributed by atoms with Gasteiger partial charge in [0.2, 0.25) is 0 Å². The van der Waals surface area contributed by atoms with Gasteiger partial charge in [0.15, 0.2) is 0 Å². The average Bonchev–Trinajstić information content (AvgIpc) is 2.86. The Morgan fingerprint density at radius 1 is 1.16 bits per heavy atom. The van der Waals surface area contributed by atoms with Gasteiger partial charge in [-0.25, -0.2) is 0 Å². The lowest BCUT2D eigenvalue weighted by molar-refractivity contribution is -0.0293. The first kappa shape index (κ1) is 16.6. The van der Waals surface area contributed by atoms with Gasteiger partial charge in [0.25, 0.3) is 0 Å². The molecule has 1 aromatic carbocycles. The predicted molar refractivity (Wildman–Crippen MR) is 97.6 cm³/mol. The summed E-state index contributed by atoms with van der Waals surface area (Å²) < 4.78 is 5.89. The van der Waals surface area contributed by atoms with Crippen molar-refractivity contribution in [2.45, 2.75) is 31.3 Å². The van der Waals surface area contributed by atoms with Crippen LogP contribution in [0.15, 0.2) is 48.8 Å². The number of hydrogen-bond acceptors (Lipinski definition) is 4. The molecule has 0 saturated carbocycles. The van der Waals surface area contributed by atoms with Gasteiger partial charge in [-0.1, -0.05) is 24.3 Å². The number of piperidine rings is 1. The molecule has 2 aliphatic heterocycles. The molecule has 0 unspecified atom stereocenters. The van der Waals surface area contributed by atoms with E-state index in [2.05, 4.69) is 28.1 Å². The van der Waals surface area contributed by atoms with E-state index in [-0.39, 0.29) is 0 Å². The van der Waals surface area contributed by atoms with Gasteiger partial charge >= 0.3 is 0 Å². The Balaban J connectivity index is 1.36. The molecule has 0 amide bonds. The second-order valence-corrected chi connectivity index (χ2v) is 7.39. The molecule has 0 aliphatic carbocycles. The summed E-state index contributed by atoms with van der Waals surface area (Å²) in [6.45, 7) is 3.75. The number of likely N-dealkylation sites (tertiary alicyclic amines) is 1. The molecule has 1 atom stereocenters. The number of ether oxygens (including phenoxy) is 1. The number of nitrogens with zero attached hydrogens (tertiary/aromatic N) is 2. The number of aromatic nitrogens is 1. The van der Waals surface area contributed by atoms with Crippen molar-refractivity contribution in [1.29, 1.82) is 0 Å². The highest BCUT2D eigenvalue weighted by molar-refractivity contribution is 5.34. The maximum atomic E-state index is 11.0. The van der Waals surface area contributed by atoms with E-state index in [1.165, 1.54) is 5.56 Å².